The Kier molecular flexibility index (Phi) is 5.50. The molecule has 1 fully saturated rings. The summed E-state index contributed by atoms with van der Waals surface area (Å²) in [5.74, 6) is 0. The molecule has 0 unspecified atom stereocenters. The molecule has 1 aliphatic heterocycles. The van der Waals surface area contributed by atoms with Crippen LogP contribution >= 0.6 is 11.3 Å². The number of carbonyl (C=O) groups is 1. The summed E-state index contributed by atoms with van der Waals surface area (Å²) in [6.07, 6.45) is 8.76. The van der Waals surface area contributed by atoms with E-state index >= 15 is 0 Å². The highest BCUT2D eigenvalue weighted by atomic mass is 32.1. The standard InChI is InChI=1S/C17H25N5OS/c1-3-13-12-19-16(24-13)8-9-18-17(23)22-11-5-4-6-15(22)14-7-10-20-21(14)2/h7,10,12,15H,3-6,8-9,11H2,1-2H3,(H,18,23)/t15-/m0/s1. The Labute approximate surface area is 146 Å². The second kappa shape index (κ2) is 7.79. The van der Waals surface area contributed by atoms with Crippen LogP contribution in [0.4, 0.5) is 4.79 Å². The smallest absolute Gasteiger partial charge is 0.317 e. The molecule has 1 aliphatic rings. The van der Waals surface area contributed by atoms with Crippen LogP contribution in [0.5, 0.6) is 0 Å². The molecule has 1 N–H and O–H groups in total. The normalized spacial score (nSPS) is 17.9. The Morgan fingerprint density at radius 3 is 3.04 bits per heavy atom. The van der Waals surface area contributed by atoms with Gasteiger partial charge in [-0.15, -0.1) is 11.3 Å². The predicted octanol–water partition coefficient (Wildman–Crippen LogP) is 2.92. The van der Waals surface area contributed by atoms with Gasteiger partial charge in [0, 0.05) is 43.8 Å². The first-order chi connectivity index (χ1) is 11.7. The fraction of sp³-hybridized carbons (Fsp3) is 0.588. The van der Waals surface area contributed by atoms with Crippen LogP contribution in [0.25, 0.3) is 0 Å². The van der Waals surface area contributed by atoms with E-state index in [1.54, 1.807) is 17.5 Å². The first-order valence-corrected chi connectivity index (χ1v) is 9.46. The van der Waals surface area contributed by atoms with E-state index < -0.39 is 0 Å². The minimum absolute atomic E-state index is 0.0215. The Hall–Kier alpha value is -1.89. The molecule has 6 nitrogen and oxygen atoms in total. The lowest BCUT2D eigenvalue weighted by atomic mass is 10.00. The summed E-state index contributed by atoms with van der Waals surface area (Å²) >= 11 is 1.73. The molecule has 1 atom stereocenters. The molecular weight excluding hydrogens is 322 g/mol. The quantitative estimate of drug-likeness (QED) is 0.904. The van der Waals surface area contributed by atoms with Crippen LogP contribution in [0.3, 0.4) is 0 Å². The van der Waals surface area contributed by atoms with E-state index in [0.717, 1.165) is 49.4 Å². The van der Waals surface area contributed by atoms with E-state index in [4.69, 9.17) is 0 Å². The van der Waals surface area contributed by atoms with Gasteiger partial charge in [0.2, 0.25) is 0 Å². The molecule has 0 saturated carbocycles. The third-order valence-electron chi connectivity index (χ3n) is 4.53. The molecule has 0 bridgehead atoms. The number of carbonyl (C=O) groups excluding carboxylic acids is 1. The van der Waals surface area contributed by atoms with Crippen molar-refractivity contribution in [3.8, 4) is 0 Å². The Bertz CT molecular complexity index is 680. The molecule has 0 aromatic carbocycles. The molecule has 0 spiro atoms. The SMILES string of the molecule is CCc1cnc(CCNC(=O)N2CCCC[C@H]2c2ccnn2C)s1. The number of nitrogens with zero attached hydrogens (tertiary/aromatic N) is 4. The van der Waals surface area contributed by atoms with Gasteiger partial charge in [0.15, 0.2) is 0 Å². The van der Waals surface area contributed by atoms with Crippen LogP contribution in [-0.4, -0.2) is 38.8 Å². The van der Waals surface area contributed by atoms with Crippen molar-refractivity contribution in [3.05, 3.63) is 34.0 Å². The highest BCUT2D eigenvalue weighted by Crippen LogP contribution is 2.30. The Morgan fingerprint density at radius 2 is 2.33 bits per heavy atom. The third kappa shape index (κ3) is 3.77. The van der Waals surface area contributed by atoms with Crippen LogP contribution in [0, 0.1) is 0 Å². The van der Waals surface area contributed by atoms with Gasteiger partial charge in [0.1, 0.15) is 0 Å². The Morgan fingerprint density at radius 1 is 1.46 bits per heavy atom. The van der Waals surface area contributed by atoms with E-state index in [9.17, 15) is 4.79 Å². The fourth-order valence-corrected chi connectivity index (χ4v) is 4.06. The number of nitrogens with one attached hydrogen (secondary N) is 1. The molecule has 2 aromatic heterocycles. The topological polar surface area (TPSA) is 63.1 Å². The molecule has 0 aliphatic carbocycles. The first-order valence-electron chi connectivity index (χ1n) is 8.65. The summed E-state index contributed by atoms with van der Waals surface area (Å²) in [4.78, 5) is 20.3. The van der Waals surface area contributed by atoms with Gasteiger partial charge in [-0.1, -0.05) is 6.92 Å². The summed E-state index contributed by atoms with van der Waals surface area (Å²) in [5, 5.41) is 8.40. The molecular formula is C17H25N5OS. The van der Waals surface area contributed by atoms with Gasteiger partial charge in [-0.3, -0.25) is 4.68 Å². The van der Waals surface area contributed by atoms with E-state index in [-0.39, 0.29) is 12.1 Å². The molecule has 2 aromatic rings. The van der Waals surface area contributed by atoms with Gasteiger partial charge < -0.3 is 10.2 Å². The zero-order valence-corrected chi connectivity index (χ0v) is 15.2. The van der Waals surface area contributed by atoms with Gasteiger partial charge in [0.05, 0.1) is 16.7 Å². The lowest BCUT2D eigenvalue weighted by Gasteiger charge is -2.35. The van der Waals surface area contributed by atoms with E-state index in [1.807, 2.05) is 28.9 Å². The zero-order chi connectivity index (χ0) is 16.9. The van der Waals surface area contributed by atoms with Crippen molar-refractivity contribution < 1.29 is 4.79 Å². The van der Waals surface area contributed by atoms with Crippen molar-refractivity contribution in [2.24, 2.45) is 7.05 Å². The molecule has 3 heterocycles. The van der Waals surface area contributed by atoms with Crippen LogP contribution in [0.15, 0.2) is 18.5 Å². The summed E-state index contributed by atoms with van der Waals surface area (Å²) in [6, 6.07) is 2.16. The van der Waals surface area contributed by atoms with Crippen molar-refractivity contribution >= 4 is 17.4 Å². The van der Waals surface area contributed by atoms with Crippen molar-refractivity contribution in [2.45, 2.75) is 45.1 Å². The van der Waals surface area contributed by atoms with Gasteiger partial charge in [-0.2, -0.15) is 5.10 Å². The van der Waals surface area contributed by atoms with Crippen molar-refractivity contribution in [3.63, 3.8) is 0 Å². The fourth-order valence-electron chi connectivity index (χ4n) is 3.20. The van der Waals surface area contributed by atoms with Crippen LogP contribution in [0.1, 0.15) is 47.8 Å². The lowest BCUT2D eigenvalue weighted by molar-refractivity contribution is 0.148. The van der Waals surface area contributed by atoms with E-state index in [1.165, 1.54) is 4.88 Å². The number of piperidine rings is 1. The van der Waals surface area contributed by atoms with Gasteiger partial charge in [-0.05, 0) is 31.7 Å². The molecule has 24 heavy (non-hydrogen) atoms. The van der Waals surface area contributed by atoms with Gasteiger partial charge in [-0.25, -0.2) is 9.78 Å². The second-order valence-electron chi connectivity index (χ2n) is 6.14. The number of hydrogen-bond donors (Lipinski definition) is 1. The highest BCUT2D eigenvalue weighted by molar-refractivity contribution is 7.11. The number of aromatic nitrogens is 3. The van der Waals surface area contributed by atoms with Gasteiger partial charge >= 0.3 is 6.03 Å². The molecule has 7 heteroatoms. The van der Waals surface area contributed by atoms with Crippen LogP contribution in [0.2, 0.25) is 0 Å². The summed E-state index contributed by atoms with van der Waals surface area (Å²) in [5.41, 5.74) is 1.11. The van der Waals surface area contributed by atoms with E-state index in [2.05, 4.69) is 22.3 Å². The maximum Gasteiger partial charge on any atom is 0.317 e. The number of hydrogen-bond acceptors (Lipinski definition) is 4. The summed E-state index contributed by atoms with van der Waals surface area (Å²) < 4.78 is 1.87. The number of amides is 2. The van der Waals surface area contributed by atoms with E-state index in [0.29, 0.717) is 6.54 Å². The molecule has 3 rings (SSSR count). The van der Waals surface area contributed by atoms with Crippen LogP contribution in [-0.2, 0) is 19.9 Å². The molecule has 1 saturated heterocycles. The maximum atomic E-state index is 12.6. The maximum absolute atomic E-state index is 12.6. The number of likely N-dealkylation sites (tertiary alicyclic amines) is 1. The average molecular weight is 347 g/mol. The number of urea groups is 1. The molecule has 0 radical (unpaired) electrons. The van der Waals surface area contributed by atoms with Gasteiger partial charge in [0.25, 0.3) is 0 Å². The number of thiazole rings is 1. The second-order valence-corrected chi connectivity index (χ2v) is 7.34. The van der Waals surface area contributed by atoms with Crippen LogP contribution < -0.4 is 5.32 Å². The van der Waals surface area contributed by atoms with Crippen molar-refractivity contribution in [1.29, 1.82) is 0 Å². The lowest BCUT2D eigenvalue weighted by Crippen LogP contribution is -2.45. The highest BCUT2D eigenvalue weighted by Gasteiger charge is 2.29. The first kappa shape index (κ1) is 17.0. The minimum atomic E-state index is 0.0215. The van der Waals surface area contributed by atoms with Crippen molar-refractivity contribution in [2.75, 3.05) is 13.1 Å². The monoisotopic (exact) mass is 347 g/mol. The summed E-state index contributed by atoms with van der Waals surface area (Å²) in [7, 11) is 1.94. The number of aryl methyl sites for hydroxylation is 2. The predicted molar refractivity (Wildman–Crippen MR) is 95.1 cm³/mol. The number of rotatable bonds is 5. The molecule has 2 amide bonds. The zero-order valence-electron chi connectivity index (χ0n) is 14.4. The Balaban J connectivity index is 1.57. The van der Waals surface area contributed by atoms with Crippen molar-refractivity contribution in [1.82, 2.24) is 25.0 Å². The average Bonchev–Trinajstić information content (AvgIpc) is 3.23. The third-order valence-corrected chi connectivity index (χ3v) is 5.73. The summed E-state index contributed by atoms with van der Waals surface area (Å²) in [6.45, 7) is 3.57. The largest absolute Gasteiger partial charge is 0.338 e. The molecule has 130 valence electrons. The minimum Gasteiger partial charge on any atom is -0.338 e.